The molecule has 0 nitrogen and oxygen atoms in total. The van der Waals surface area contributed by atoms with Crippen LogP contribution < -0.4 is 0 Å². The second-order valence-corrected chi connectivity index (χ2v) is 4.74. The molecule has 0 bridgehead atoms. The fourth-order valence-electron chi connectivity index (χ4n) is 3.31. The van der Waals surface area contributed by atoms with E-state index in [-0.39, 0.29) is 0 Å². The van der Waals surface area contributed by atoms with Crippen molar-refractivity contribution in [1.29, 1.82) is 0 Å². The second-order valence-electron chi connectivity index (χ2n) is 4.74. The van der Waals surface area contributed by atoms with Crippen molar-refractivity contribution in [1.82, 2.24) is 0 Å². The Kier molecular flexibility index (Phi) is 5.05. The molecule has 90 valence electrons. The van der Waals surface area contributed by atoms with Gasteiger partial charge in [0.15, 0.2) is 0 Å². The van der Waals surface area contributed by atoms with Gasteiger partial charge in [0.05, 0.1) is 0 Å². The molecule has 0 saturated heterocycles. The Balaban J connectivity index is 3.14. The molecule has 0 unspecified atom stereocenters. The van der Waals surface area contributed by atoms with Crippen LogP contribution in [0.15, 0.2) is 30.3 Å². The Morgan fingerprint density at radius 1 is 0.875 bits per heavy atom. The lowest BCUT2D eigenvalue weighted by atomic mass is 9.65. The van der Waals surface area contributed by atoms with Crippen molar-refractivity contribution in [3.8, 4) is 0 Å². The molecule has 1 aromatic rings. The topological polar surface area (TPSA) is 0 Å². The van der Waals surface area contributed by atoms with E-state index < -0.39 is 0 Å². The Morgan fingerprint density at radius 3 is 1.75 bits per heavy atom. The molecule has 0 amide bonds. The molecular formula is C16H26. The molecule has 0 heterocycles. The predicted molar refractivity (Wildman–Crippen MR) is 72.8 cm³/mol. The summed E-state index contributed by atoms with van der Waals surface area (Å²) in [4.78, 5) is 0. The van der Waals surface area contributed by atoms with Crippen molar-refractivity contribution >= 4 is 0 Å². The summed E-state index contributed by atoms with van der Waals surface area (Å²) in [7, 11) is 0. The van der Waals surface area contributed by atoms with Gasteiger partial charge < -0.3 is 0 Å². The van der Waals surface area contributed by atoms with Crippen molar-refractivity contribution < 1.29 is 0 Å². The van der Waals surface area contributed by atoms with Crippen LogP contribution >= 0.6 is 0 Å². The van der Waals surface area contributed by atoms with Gasteiger partial charge in [-0.3, -0.25) is 0 Å². The Morgan fingerprint density at radius 2 is 1.38 bits per heavy atom. The summed E-state index contributed by atoms with van der Waals surface area (Å²) in [5.41, 5.74) is 1.93. The van der Waals surface area contributed by atoms with Crippen LogP contribution in [0.25, 0.3) is 0 Å². The molecule has 0 radical (unpaired) electrons. The predicted octanol–water partition coefficient (Wildman–Crippen LogP) is 5.18. The minimum absolute atomic E-state index is 0.394. The van der Waals surface area contributed by atoms with E-state index >= 15 is 0 Å². The first kappa shape index (κ1) is 13.3. The van der Waals surface area contributed by atoms with Crippen molar-refractivity contribution in [3.63, 3.8) is 0 Å². The number of benzene rings is 1. The highest BCUT2D eigenvalue weighted by Crippen LogP contribution is 2.42. The van der Waals surface area contributed by atoms with Gasteiger partial charge in [0.25, 0.3) is 0 Å². The summed E-state index contributed by atoms with van der Waals surface area (Å²) in [6.07, 6.45) is 5.07. The summed E-state index contributed by atoms with van der Waals surface area (Å²) >= 11 is 0. The molecule has 0 atom stereocenters. The zero-order valence-electron chi connectivity index (χ0n) is 11.3. The molecule has 0 N–H and O–H groups in total. The molecule has 0 aromatic heterocycles. The monoisotopic (exact) mass is 218 g/mol. The van der Waals surface area contributed by atoms with Crippen LogP contribution in [-0.4, -0.2) is 0 Å². The van der Waals surface area contributed by atoms with Gasteiger partial charge in [-0.25, -0.2) is 0 Å². The highest BCUT2D eigenvalue weighted by molar-refractivity contribution is 5.26. The first-order valence-corrected chi connectivity index (χ1v) is 6.80. The summed E-state index contributed by atoms with van der Waals surface area (Å²) in [6.45, 7) is 9.35. The third-order valence-corrected chi connectivity index (χ3v) is 4.38. The van der Waals surface area contributed by atoms with Gasteiger partial charge in [-0.15, -0.1) is 0 Å². The smallest absolute Gasteiger partial charge is 0.00242 e. The van der Waals surface area contributed by atoms with Crippen LogP contribution in [0.4, 0.5) is 0 Å². The molecule has 0 saturated carbocycles. The molecular weight excluding hydrogens is 192 g/mol. The number of hydrogen-bond acceptors (Lipinski definition) is 0. The fourth-order valence-corrected chi connectivity index (χ4v) is 3.31. The van der Waals surface area contributed by atoms with Gasteiger partial charge in [0, 0.05) is 0 Å². The van der Waals surface area contributed by atoms with Crippen LogP contribution in [0.2, 0.25) is 0 Å². The van der Waals surface area contributed by atoms with E-state index in [0.29, 0.717) is 5.41 Å². The molecule has 1 rings (SSSR count). The van der Waals surface area contributed by atoms with Gasteiger partial charge in [-0.1, -0.05) is 70.9 Å². The molecule has 0 fully saturated rings. The van der Waals surface area contributed by atoms with Gasteiger partial charge in [0.1, 0.15) is 0 Å². The van der Waals surface area contributed by atoms with Crippen molar-refractivity contribution in [2.45, 2.75) is 58.8 Å². The molecule has 1 aromatic carbocycles. The fraction of sp³-hybridized carbons (Fsp3) is 0.625. The molecule has 16 heavy (non-hydrogen) atoms. The molecule has 0 aliphatic rings. The quantitative estimate of drug-likeness (QED) is 0.617. The molecule has 0 spiro atoms. The van der Waals surface area contributed by atoms with Crippen molar-refractivity contribution in [3.05, 3.63) is 35.9 Å². The van der Waals surface area contributed by atoms with E-state index in [9.17, 15) is 0 Å². The van der Waals surface area contributed by atoms with E-state index in [1.165, 1.54) is 31.2 Å². The van der Waals surface area contributed by atoms with Crippen LogP contribution in [0.1, 0.15) is 58.9 Å². The van der Waals surface area contributed by atoms with E-state index in [0.717, 1.165) is 5.92 Å². The third kappa shape index (κ3) is 2.31. The van der Waals surface area contributed by atoms with Crippen LogP contribution in [0, 0.1) is 5.92 Å². The zero-order valence-corrected chi connectivity index (χ0v) is 11.3. The Bertz CT molecular complexity index is 278. The summed E-state index contributed by atoms with van der Waals surface area (Å²) < 4.78 is 0. The number of rotatable bonds is 6. The SMILES string of the molecule is CCC(CC)C(CC)(CC)c1ccccc1. The maximum absolute atomic E-state index is 2.34. The Labute approximate surface area is 101 Å². The van der Waals surface area contributed by atoms with Gasteiger partial charge >= 0.3 is 0 Å². The lowest BCUT2D eigenvalue weighted by molar-refractivity contribution is 0.231. The minimum Gasteiger partial charge on any atom is -0.0651 e. The number of hydrogen-bond donors (Lipinski definition) is 0. The Hall–Kier alpha value is -0.780. The minimum atomic E-state index is 0.394. The first-order chi connectivity index (χ1) is 7.75. The van der Waals surface area contributed by atoms with Crippen LogP contribution in [0.5, 0.6) is 0 Å². The highest BCUT2D eigenvalue weighted by Gasteiger charge is 2.34. The summed E-state index contributed by atoms with van der Waals surface area (Å²) in [6, 6.07) is 11.1. The highest BCUT2D eigenvalue weighted by atomic mass is 14.4. The molecule has 0 aliphatic carbocycles. The van der Waals surface area contributed by atoms with E-state index in [1.54, 1.807) is 0 Å². The lowest BCUT2D eigenvalue weighted by Crippen LogP contribution is -2.33. The third-order valence-electron chi connectivity index (χ3n) is 4.38. The van der Waals surface area contributed by atoms with Gasteiger partial charge in [0.2, 0.25) is 0 Å². The average Bonchev–Trinajstić information content (AvgIpc) is 2.37. The van der Waals surface area contributed by atoms with E-state index in [4.69, 9.17) is 0 Å². The maximum atomic E-state index is 2.34. The zero-order chi connectivity index (χ0) is 12.0. The molecule has 0 aliphatic heterocycles. The normalized spacial score (nSPS) is 12.1. The molecule has 0 heteroatoms. The summed E-state index contributed by atoms with van der Waals surface area (Å²) in [5, 5.41) is 0. The lowest BCUT2D eigenvalue weighted by Gasteiger charge is -2.40. The largest absolute Gasteiger partial charge is 0.0651 e. The van der Waals surface area contributed by atoms with E-state index in [2.05, 4.69) is 58.0 Å². The van der Waals surface area contributed by atoms with E-state index in [1.807, 2.05) is 0 Å². The van der Waals surface area contributed by atoms with Crippen molar-refractivity contribution in [2.75, 3.05) is 0 Å². The average molecular weight is 218 g/mol. The van der Waals surface area contributed by atoms with Gasteiger partial charge in [-0.05, 0) is 29.7 Å². The van der Waals surface area contributed by atoms with Crippen LogP contribution in [0.3, 0.4) is 0 Å². The first-order valence-electron chi connectivity index (χ1n) is 6.80. The van der Waals surface area contributed by atoms with Crippen molar-refractivity contribution in [2.24, 2.45) is 5.92 Å². The summed E-state index contributed by atoms with van der Waals surface area (Å²) in [5.74, 6) is 0.810. The second kappa shape index (κ2) is 6.08. The van der Waals surface area contributed by atoms with Gasteiger partial charge in [-0.2, -0.15) is 0 Å². The van der Waals surface area contributed by atoms with Crippen LogP contribution in [-0.2, 0) is 5.41 Å². The standard InChI is InChI=1S/C16H26/c1-5-14(6-2)16(7-3,8-4)15-12-10-9-11-13-15/h9-14H,5-8H2,1-4H3. The maximum Gasteiger partial charge on any atom is -0.00242 e.